The molecule has 0 saturated heterocycles. The highest BCUT2D eigenvalue weighted by molar-refractivity contribution is 6.04. The number of benzene rings is 1. The zero-order chi connectivity index (χ0) is 18.7. The molecule has 0 fully saturated rings. The van der Waals surface area contributed by atoms with Crippen LogP contribution in [0.25, 0.3) is 0 Å². The van der Waals surface area contributed by atoms with E-state index in [1.807, 2.05) is 24.9 Å². The second kappa shape index (κ2) is 7.01. The molecule has 0 aliphatic heterocycles. The molecule has 0 aliphatic carbocycles. The van der Waals surface area contributed by atoms with Crippen molar-refractivity contribution in [2.75, 3.05) is 10.6 Å². The van der Waals surface area contributed by atoms with Gasteiger partial charge in [0.2, 0.25) is 5.95 Å². The number of carbonyl (C=O) groups excluding carboxylic acids is 1. The molecule has 26 heavy (non-hydrogen) atoms. The van der Waals surface area contributed by atoms with Crippen molar-refractivity contribution in [2.24, 2.45) is 0 Å². The number of aromatic nitrogens is 4. The van der Waals surface area contributed by atoms with Gasteiger partial charge in [0.25, 0.3) is 11.5 Å². The largest absolute Gasteiger partial charge is 0.325 e. The van der Waals surface area contributed by atoms with Crippen molar-refractivity contribution in [2.45, 2.75) is 13.8 Å². The van der Waals surface area contributed by atoms with Crippen LogP contribution in [0.15, 0.2) is 46.1 Å². The number of amides is 1. The van der Waals surface area contributed by atoms with Crippen LogP contribution in [0.4, 0.5) is 17.3 Å². The lowest BCUT2D eigenvalue weighted by molar-refractivity contribution is 0.102. The summed E-state index contributed by atoms with van der Waals surface area (Å²) in [7, 11) is 0. The van der Waals surface area contributed by atoms with E-state index >= 15 is 0 Å². The van der Waals surface area contributed by atoms with Crippen LogP contribution in [0, 0.1) is 13.8 Å². The second-order valence-electron chi connectivity index (χ2n) is 5.62. The van der Waals surface area contributed by atoms with Crippen molar-refractivity contribution < 1.29 is 4.79 Å². The highest BCUT2D eigenvalue weighted by atomic mass is 16.2. The van der Waals surface area contributed by atoms with Crippen LogP contribution in [-0.2, 0) is 0 Å². The number of nitrogens with zero attached hydrogens (tertiary/aromatic N) is 2. The number of nitrogens with one attached hydrogen (secondary N) is 4. The molecule has 9 nitrogen and oxygen atoms in total. The lowest BCUT2D eigenvalue weighted by Crippen LogP contribution is -2.26. The van der Waals surface area contributed by atoms with Crippen LogP contribution >= 0.6 is 0 Å². The molecule has 0 spiro atoms. The van der Waals surface area contributed by atoms with Gasteiger partial charge in [0.05, 0.1) is 0 Å². The van der Waals surface area contributed by atoms with Gasteiger partial charge in [0.15, 0.2) is 0 Å². The van der Waals surface area contributed by atoms with Crippen LogP contribution in [0.3, 0.4) is 0 Å². The molecule has 132 valence electrons. The maximum absolute atomic E-state index is 12.2. The van der Waals surface area contributed by atoms with E-state index in [9.17, 15) is 14.4 Å². The first kappa shape index (κ1) is 17.1. The Morgan fingerprint density at radius 2 is 1.69 bits per heavy atom. The molecular formula is C17H16N6O3. The number of rotatable bonds is 4. The Labute approximate surface area is 147 Å². The Balaban J connectivity index is 1.73. The third-order valence-corrected chi connectivity index (χ3v) is 3.45. The second-order valence-corrected chi connectivity index (χ2v) is 5.62. The Morgan fingerprint density at radius 1 is 1.04 bits per heavy atom. The summed E-state index contributed by atoms with van der Waals surface area (Å²) in [5, 5.41) is 5.51. The summed E-state index contributed by atoms with van der Waals surface area (Å²) in [4.78, 5) is 47.7. The minimum absolute atomic E-state index is 0.0413. The normalized spacial score (nSPS) is 10.4. The van der Waals surface area contributed by atoms with Gasteiger partial charge >= 0.3 is 5.69 Å². The zero-order valence-corrected chi connectivity index (χ0v) is 14.1. The average Bonchev–Trinajstić information content (AvgIpc) is 2.57. The molecule has 0 radical (unpaired) electrons. The Hall–Kier alpha value is -3.75. The van der Waals surface area contributed by atoms with Crippen LogP contribution in [0.2, 0.25) is 0 Å². The van der Waals surface area contributed by atoms with Crippen LogP contribution in [-0.4, -0.2) is 25.8 Å². The standard InChI is InChI=1S/C17H16N6O3/c1-9-7-10(2)20-16(19-9)21-12-5-3-11(4-6-12)14(24)22-13-8-18-17(26)23-15(13)25/h3-8H,1-2H3,(H,22,24)(H,19,20,21)(H2,18,23,25,26). The van der Waals surface area contributed by atoms with Crippen molar-refractivity contribution >= 4 is 23.2 Å². The predicted molar refractivity (Wildman–Crippen MR) is 96.9 cm³/mol. The first-order valence-corrected chi connectivity index (χ1v) is 7.73. The van der Waals surface area contributed by atoms with Crippen molar-refractivity contribution in [1.82, 2.24) is 19.9 Å². The summed E-state index contributed by atoms with van der Waals surface area (Å²) in [5.41, 5.74) is 1.41. The quantitative estimate of drug-likeness (QED) is 0.562. The molecule has 0 saturated carbocycles. The minimum atomic E-state index is -0.674. The predicted octanol–water partition coefficient (Wildman–Crippen LogP) is 1.47. The minimum Gasteiger partial charge on any atom is -0.324 e. The van der Waals surface area contributed by atoms with Gasteiger partial charge in [-0.25, -0.2) is 14.8 Å². The third kappa shape index (κ3) is 4.01. The van der Waals surface area contributed by atoms with Gasteiger partial charge < -0.3 is 15.6 Å². The Bertz CT molecular complexity index is 1050. The number of H-pyrrole nitrogens is 2. The Kier molecular flexibility index (Phi) is 4.61. The van der Waals surface area contributed by atoms with Gasteiger partial charge in [0, 0.05) is 28.8 Å². The fraction of sp³-hybridized carbons (Fsp3) is 0.118. The van der Waals surface area contributed by atoms with Gasteiger partial charge in [0.1, 0.15) is 5.69 Å². The molecule has 0 aliphatic rings. The Morgan fingerprint density at radius 3 is 2.31 bits per heavy atom. The fourth-order valence-corrected chi connectivity index (χ4v) is 2.31. The van der Waals surface area contributed by atoms with Crippen molar-refractivity contribution in [1.29, 1.82) is 0 Å². The molecule has 4 N–H and O–H groups in total. The third-order valence-electron chi connectivity index (χ3n) is 3.45. The van der Waals surface area contributed by atoms with Crippen LogP contribution in [0.1, 0.15) is 21.7 Å². The highest BCUT2D eigenvalue weighted by Crippen LogP contribution is 2.15. The summed E-state index contributed by atoms with van der Waals surface area (Å²) in [6.45, 7) is 3.76. The highest BCUT2D eigenvalue weighted by Gasteiger charge is 2.09. The monoisotopic (exact) mass is 352 g/mol. The maximum atomic E-state index is 12.2. The summed E-state index contributed by atoms with van der Waals surface area (Å²) >= 11 is 0. The number of carbonyl (C=O) groups is 1. The van der Waals surface area contributed by atoms with Gasteiger partial charge in [-0.1, -0.05) is 0 Å². The van der Waals surface area contributed by atoms with E-state index in [2.05, 4.69) is 25.6 Å². The molecule has 0 atom stereocenters. The van der Waals surface area contributed by atoms with Gasteiger partial charge in [-0.2, -0.15) is 0 Å². The first-order valence-electron chi connectivity index (χ1n) is 7.73. The maximum Gasteiger partial charge on any atom is 0.325 e. The van der Waals surface area contributed by atoms with E-state index in [1.165, 1.54) is 0 Å². The lowest BCUT2D eigenvalue weighted by atomic mass is 10.2. The molecule has 2 aromatic heterocycles. The van der Waals surface area contributed by atoms with E-state index in [0.29, 0.717) is 17.2 Å². The van der Waals surface area contributed by atoms with Gasteiger partial charge in [-0.15, -0.1) is 0 Å². The van der Waals surface area contributed by atoms with E-state index in [0.717, 1.165) is 17.6 Å². The van der Waals surface area contributed by atoms with E-state index in [-0.39, 0.29) is 5.69 Å². The number of aromatic amines is 2. The summed E-state index contributed by atoms with van der Waals surface area (Å²) in [5.74, 6) is -0.00350. The molecule has 0 bridgehead atoms. The van der Waals surface area contributed by atoms with Crippen molar-refractivity contribution in [3.05, 3.63) is 74.3 Å². The fourth-order valence-electron chi connectivity index (χ4n) is 2.31. The average molecular weight is 352 g/mol. The van der Waals surface area contributed by atoms with Gasteiger partial charge in [-0.3, -0.25) is 14.6 Å². The molecule has 3 rings (SSSR count). The number of hydrogen-bond donors (Lipinski definition) is 4. The van der Waals surface area contributed by atoms with E-state index in [4.69, 9.17) is 0 Å². The topological polar surface area (TPSA) is 133 Å². The molecule has 0 unspecified atom stereocenters. The molecule has 1 amide bonds. The van der Waals surface area contributed by atoms with Crippen molar-refractivity contribution in [3.8, 4) is 0 Å². The molecule has 3 aromatic rings. The zero-order valence-electron chi connectivity index (χ0n) is 14.1. The number of anilines is 3. The van der Waals surface area contributed by atoms with Crippen LogP contribution in [0.5, 0.6) is 0 Å². The molecular weight excluding hydrogens is 336 g/mol. The first-order chi connectivity index (χ1) is 12.4. The van der Waals surface area contributed by atoms with E-state index in [1.54, 1.807) is 24.3 Å². The van der Waals surface area contributed by atoms with Crippen molar-refractivity contribution in [3.63, 3.8) is 0 Å². The smallest absolute Gasteiger partial charge is 0.324 e. The molecule has 9 heteroatoms. The lowest BCUT2D eigenvalue weighted by Gasteiger charge is -2.08. The van der Waals surface area contributed by atoms with E-state index < -0.39 is 17.2 Å². The van der Waals surface area contributed by atoms with Crippen LogP contribution < -0.4 is 21.9 Å². The number of aryl methyl sites for hydroxylation is 2. The van der Waals surface area contributed by atoms with Gasteiger partial charge in [-0.05, 0) is 44.2 Å². The molecule has 2 heterocycles. The summed E-state index contributed by atoms with van der Waals surface area (Å²) < 4.78 is 0. The summed E-state index contributed by atoms with van der Waals surface area (Å²) in [6, 6.07) is 8.47. The molecule has 1 aromatic carbocycles. The SMILES string of the molecule is Cc1cc(C)nc(Nc2ccc(C(=O)Nc3c[nH]c(=O)[nH]c3=O)cc2)n1. The number of hydrogen-bond acceptors (Lipinski definition) is 6. The summed E-state index contributed by atoms with van der Waals surface area (Å²) in [6.07, 6.45) is 1.15.